The minimum Gasteiger partial charge on any atom is -0.476 e. The number of nitrogens with zero attached hydrogens (tertiary/aromatic N) is 4. The van der Waals surface area contributed by atoms with Gasteiger partial charge in [-0.05, 0) is 0 Å². The van der Waals surface area contributed by atoms with E-state index in [-0.39, 0.29) is 19.1 Å². The van der Waals surface area contributed by atoms with Gasteiger partial charge in [0, 0.05) is 14.1 Å². The summed E-state index contributed by atoms with van der Waals surface area (Å²) < 4.78 is 4.96. The van der Waals surface area contributed by atoms with Gasteiger partial charge < -0.3 is 9.84 Å². The molecule has 0 heterocycles. The average Bonchev–Trinajstić information content (AvgIpc) is 2.15. The van der Waals surface area contributed by atoms with Crippen LogP contribution in [0.3, 0.4) is 0 Å². The summed E-state index contributed by atoms with van der Waals surface area (Å²) in [6.07, 6.45) is 0. The zero-order valence-electron chi connectivity index (χ0n) is 8.14. The van der Waals surface area contributed by atoms with Gasteiger partial charge in [-0.25, -0.2) is 0 Å². The van der Waals surface area contributed by atoms with Crippen LogP contribution >= 0.6 is 0 Å². The molecule has 76 valence electrons. The van der Waals surface area contributed by atoms with Crippen LogP contribution in [0.1, 0.15) is 0 Å². The van der Waals surface area contributed by atoms with Crippen LogP contribution in [0.2, 0.25) is 0 Å². The summed E-state index contributed by atoms with van der Waals surface area (Å²) in [5.41, 5.74) is 0. The van der Waals surface area contributed by atoms with Crippen molar-refractivity contribution in [3.63, 3.8) is 0 Å². The van der Waals surface area contributed by atoms with Crippen LogP contribution in [0.4, 0.5) is 0 Å². The second kappa shape index (κ2) is 6.70. The summed E-state index contributed by atoms with van der Waals surface area (Å²) in [5, 5.41) is 31.0. The molecular weight excluding hydrogens is 184 g/mol. The van der Waals surface area contributed by atoms with Crippen LogP contribution in [0, 0.1) is 28.6 Å². The largest absolute Gasteiger partial charge is 0.476 e. The number of hydrogen-bond acceptors (Lipinski definition) is 6. The smallest absolute Gasteiger partial charge is 0.238 e. The molecule has 0 aromatic heterocycles. The van der Waals surface area contributed by atoms with E-state index in [1.807, 2.05) is 0 Å². The lowest BCUT2D eigenvalue weighted by Gasteiger charge is -2.11. The summed E-state index contributed by atoms with van der Waals surface area (Å²) >= 11 is 0. The van der Waals surface area contributed by atoms with Crippen molar-refractivity contribution in [3.05, 3.63) is 0 Å². The van der Waals surface area contributed by atoms with E-state index >= 15 is 0 Å². The molecule has 0 aliphatic heterocycles. The van der Waals surface area contributed by atoms with Gasteiger partial charge in [0.2, 0.25) is 11.8 Å². The Bertz CT molecular complexity index is 260. The molecule has 14 heavy (non-hydrogen) atoms. The molecule has 0 amide bonds. The van der Waals surface area contributed by atoms with Crippen molar-refractivity contribution >= 4 is 5.90 Å². The minimum atomic E-state index is -1.04. The number of aliphatic hydroxyl groups excluding tert-OH is 1. The van der Waals surface area contributed by atoms with Gasteiger partial charge in [-0.15, -0.1) is 5.10 Å². The number of rotatable bonds is 4. The molecule has 0 bridgehead atoms. The lowest BCUT2D eigenvalue weighted by molar-refractivity contribution is 0.185. The highest BCUT2D eigenvalue weighted by molar-refractivity contribution is 5.83. The second-order valence-corrected chi connectivity index (χ2v) is 2.55. The van der Waals surface area contributed by atoms with Crippen LogP contribution in [0.15, 0.2) is 5.10 Å². The predicted octanol–water partition coefficient (Wildman–Crippen LogP) is -0.466. The van der Waals surface area contributed by atoms with Gasteiger partial charge in [-0.2, -0.15) is 10.5 Å². The highest BCUT2D eigenvalue weighted by Crippen LogP contribution is 2.00. The van der Waals surface area contributed by atoms with Gasteiger partial charge >= 0.3 is 0 Å². The number of hydrogen-bond donors (Lipinski definition) is 1. The van der Waals surface area contributed by atoms with E-state index in [9.17, 15) is 0 Å². The topological polar surface area (TPSA) is 92.6 Å². The van der Waals surface area contributed by atoms with Crippen LogP contribution in [-0.4, -0.2) is 43.3 Å². The third-order valence-corrected chi connectivity index (χ3v) is 1.14. The number of ether oxygens (including phenoxy) is 1. The molecule has 0 saturated carbocycles. The fourth-order valence-electron chi connectivity index (χ4n) is 0.657. The van der Waals surface area contributed by atoms with E-state index < -0.39 is 5.92 Å². The zero-order valence-corrected chi connectivity index (χ0v) is 8.14. The summed E-state index contributed by atoms with van der Waals surface area (Å²) in [6, 6.07) is 3.48. The minimum absolute atomic E-state index is 0.00838. The molecule has 0 aliphatic carbocycles. The standard InChI is InChI=1S/C8H12N4O2/c1-12(2)11-8(14-4-3-13)7(5-9)6-10/h7,13H,3-4H2,1-2H3. The Balaban J connectivity index is 4.57. The van der Waals surface area contributed by atoms with Crippen LogP contribution in [0.25, 0.3) is 0 Å². The second-order valence-electron chi connectivity index (χ2n) is 2.55. The zero-order chi connectivity index (χ0) is 11.0. The fourth-order valence-corrected chi connectivity index (χ4v) is 0.657. The van der Waals surface area contributed by atoms with Gasteiger partial charge in [0.05, 0.1) is 18.7 Å². The van der Waals surface area contributed by atoms with E-state index in [0.29, 0.717) is 0 Å². The Morgan fingerprint density at radius 2 is 2.07 bits per heavy atom. The van der Waals surface area contributed by atoms with Crippen LogP contribution in [-0.2, 0) is 4.74 Å². The molecule has 6 nitrogen and oxygen atoms in total. The van der Waals surface area contributed by atoms with Crippen molar-refractivity contribution in [2.75, 3.05) is 27.3 Å². The van der Waals surface area contributed by atoms with E-state index in [0.717, 1.165) is 0 Å². The molecule has 0 aromatic carbocycles. The molecule has 0 unspecified atom stereocenters. The van der Waals surface area contributed by atoms with Crippen molar-refractivity contribution in [2.45, 2.75) is 0 Å². The first-order valence-electron chi connectivity index (χ1n) is 3.94. The van der Waals surface area contributed by atoms with Crippen LogP contribution in [0.5, 0.6) is 0 Å². The lowest BCUT2D eigenvalue weighted by atomic mass is 10.2. The highest BCUT2D eigenvalue weighted by Gasteiger charge is 2.16. The monoisotopic (exact) mass is 196 g/mol. The predicted molar refractivity (Wildman–Crippen MR) is 48.9 cm³/mol. The van der Waals surface area contributed by atoms with Gasteiger partial charge in [0.25, 0.3) is 0 Å². The molecule has 0 fully saturated rings. The van der Waals surface area contributed by atoms with Gasteiger partial charge in [-0.3, -0.25) is 5.01 Å². The Labute approximate surface area is 82.6 Å². The van der Waals surface area contributed by atoms with E-state index in [2.05, 4.69) is 5.10 Å². The first-order chi connectivity index (χ1) is 6.65. The van der Waals surface area contributed by atoms with Crippen molar-refractivity contribution in [1.29, 1.82) is 10.5 Å². The normalized spacial score (nSPS) is 10.6. The molecule has 0 aromatic rings. The Kier molecular flexibility index (Phi) is 5.84. The maximum atomic E-state index is 8.59. The van der Waals surface area contributed by atoms with Crippen molar-refractivity contribution in [3.8, 4) is 12.1 Å². The van der Waals surface area contributed by atoms with E-state index in [4.69, 9.17) is 20.4 Å². The van der Waals surface area contributed by atoms with Crippen molar-refractivity contribution in [2.24, 2.45) is 11.0 Å². The summed E-state index contributed by atoms with van der Waals surface area (Å²) in [5.74, 6) is -1.03. The highest BCUT2D eigenvalue weighted by atomic mass is 16.5. The molecule has 0 aliphatic rings. The molecular formula is C8H12N4O2. The molecule has 1 N–H and O–H groups in total. The first-order valence-corrected chi connectivity index (χ1v) is 3.94. The fraction of sp³-hybridized carbons (Fsp3) is 0.625. The van der Waals surface area contributed by atoms with Crippen molar-refractivity contribution < 1.29 is 9.84 Å². The number of hydrazone groups is 1. The number of aliphatic hydroxyl groups is 1. The molecule has 6 heteroatoms. The Hall–Kier alpha value is -1.79. The Morgan fingerprint density at radius 3 is 2.43 bits per heavy atom. The van der Waals surface area contributed by atoms with Gasteiger partial charge in [0.1, 0.15) is 6.61 Å². The first kappa shape index (κ1) is 12.2. The maximum Gasteiger partial charge on any atom is 0.238 e. The van der Waals surface area contributed by atoms with Gasteiger partial charge in [0.15, 0.2) is 0 Å². The number of nitriles is 2. The maximum absolute atomic E-state index is 8.59. The van der Waals surface area contributed by atoms with Gasteiger partial charge in [-0.1, -0.05) is 0 Å². The quantitative estimate of drug-likeness (QED) is 0.373. The summed E-state index contributed by atoms with van der Waals surface area (Å²) in [4.78, 5) is 0. The lowest BCUT2D eigenvalue weighted by Crippen LogP contribution is -2.20. The SMILES string of the molecule is CN(C)N=C(OCCO)C(C#N)C#N. The average molecular weight is 196 g/mol. The van der Waals surface area contributed by atoms with E-state index in [1.54, 1.807) is 26.2 Å². The third-order valence-electron chi connectivity index (χ3n) is 1.14. The summed E-state index contributed by atoms with van der Waals surface area (Å²) in [7, 11) is 3.29. The molecule has 0 saturated heterocycles. The molecule has 0 spiro atoms. The third kappa shape index (κ3) is 4.29. The van der Waals surface area contributed by atoms with E-state index in [1.165, 1.54) is 5.01 Å². The Morgan fingerprint density at radius 1 is 1.50 bits per heavy atom. The van der Waals surface area contributed by atoms with Crippen LogP contribution < -0.4 is 0 Å². The summed E-state index contributed by atoms with van der Waals surface area (Å²) in [6.45, 7) is -0.164. The van der Waals surface area contributed by atoms with Crippen molar-refractivity contribution in [1.82, 2.24) is 5.01 Å². The molecule has 0 radical (unpaired) electrons. The molecule has 0 atom stereocenters. The molecule has 0 rings (SSSR count).